The van der Waals surface area contributed by atoms with Gasteiger partial charge in [0, 0.05) is 13.2 Å². The molecule has 4 unspecified atom stereocenters. The summed E-state index contributed by atoms with van der Waals surface area (Å²) in [4.78, 5) is 14.6. The van der Waals surface area contributed by atoms with Crippen LogP contribution < -0.4 is 5.73 Å². The van der Waals surface area contributed by atoms with Crippen LogP contribution >= 0.6 is 8.60 Å². The van der Waals surface area contributed by atoms with Crippen molar-refractivity contribution in [1.29, 1.82) is 0 Å². The molecule has 0 radical (unpaired) electrons. The summed E-state index contributed by atoms with van der Waals surface area (Å²) in [5, 5.41) is 4.33. The lowest BCUT2D eigenvalue weighted by Crippen LogP contribution is -2.28. The van der Waals surface area contributed by atoms with Gasteiger partial charge in [0.05, 0.1) is 31.6 Å². The average molecular weight is 721 g/mol. The van der Waals surface area contributed by atoms with Crippen molar-refractivity contribution in [3.63, 3.8) is 0 Å². The van der Waals surface area contributed by atoms with Gasteiger partial charge >= 0.3 is 8.60 Å². The zero-order chi connectivity index (χ0) is 35.1. The fraction of sp³-hybridized carbons (Fsp3) is 0.846. The number of hydrogen-bond donors (Lipinski definition) is 2. The van der Waals surface area contributed by atoms with Crippen molar-refractivity contribution >= 4 is 19.9 Å². The van der Waals surface area contributed by atoms with E-state index in [2.05, 4.69) is 17.0 Å². The molecule has 0 spiro atoms. The Bertz CT molecular complexity index is 1140. The second-order valence-corrected chi connectivity index (χ2v) is 15.7. The van der Waals surface area contributed by atoms with Gasteiger partial charge in [0.1, 0.15) is 24.1 Å². The highest BCUT2D eigenvalue weighted by Crippen LogP contribution is 2.38. The van der Waals surface area contributed by atoms with Gasteiger partial charge in [-0.25, -0.2) is 9.50 Å². The van der Waals surface area contributed by atoms with Crippen LogP contribution in [-0.4, -0.2) is 64.7 Å². The van der Waals surface area contributed by atoms with Crippen LogP contribution in [0.2, 0.25) is 0 Å². The number of unbranched alkanes of at least 4 members (excludes halogenated alkanes) is 15. The van der Waals surface area contributed by atoms with Crippen LogP contribution in [0.25, 0.3) is 5.52 Å². The molecule has 4 rings (SSSR count). The molecule has 1 saturated heterocycles. The topological polar surface area (TPSA) is 123 Å². The van der Waals surface area contributed by atoms with E-state index in [1.165, 1.54) is 135 Å². The number of nitrogens with zero attached hydrogens (tertiary/aromatic N) is 3. The number of fused-ring (bicyclic) bond motifs is 1. The molecular formula is C39H69N4O6P. The maximum atomic E-state index is 10.6. The van der Waals surface area contributed by atoms with E-state index in [1.54, 1.807) is 4.52 Å². The number of anilines is 1. The number of nitrogens with two attached hydrogens (primary N) is 1. The van der Waals surface area contributed by atoms with Gasteiger partial charge in [-0.2, -0.15) is 5.10 Å². The second-order valence-electron chi connectivity index (χ2n) is 14.7. The van der Waals surface area contributed by atoms with Gasteiger partial charge in [-0.05, 0) is 50.2 Å². The van der Waals surface area contributed by atoms with Crippen LogP contribution in [0.1, 0.15) is 166 Å². The molecule has 0 amide bonds. The van der Waals surface area contributed by atoms with E-state index in [-0.39, 0.29) is 31.5 Å². The Morgan fingerprint density at radius 3 is 2.16 bits per heavy atom. The first-order valence-corrected chi connectivity index (χ1v) is 21.4. The van der Waals surface area contributed by atoms with E-state index in [0.29, 0.717) is 18.3 Å². The highest BCUT2D eigenvalue weighted by Gasteiger charge is 2.30. The molecule has 3 heterocycles. The van der Waals surface area contributed by atoms with Crippen LogP contribution in [0.4, 0.5) is 5.82 Å². The first-order chi connectivity index (χ1) is 24.6. The number of nitrogen functional groups attached to an aromatic ring is 1. The van der Waals surface area contributed by atoms with Crippen molar-refractivity contribution in [1.82, 2.24) is 14.6 Å². The van der Waals surface area contributed by atoms with Crippen LogP contribution in [0.5, 0.6) is 0 Å². The predicted molar refractivity (Wildman–Crippen MR) is 202 cm³/mol. The van der Waals surface area contributed by atoms with Crippen molar-refractivity contribution in [2.24, 2.45) is 5.92 Å². The smallest absolute Gasteiger partial charge is 0.330 e. The van der Waals surface area contributed by atoms with E-state index in [4.69, 9.17) is 29.0 Å². The van der Waals surface area contributed by atoms with Crippen molar-refractivity contribution < 1.29 is 28.2 Å². The van der Waals surface area contributed by atoms with E-state index >= 15 is 0 Å². The molecule has 2 fully saturated rings. The predicted octanol–water partition coefficient (Wildman–Crippen LogP) is 10.0. The Kier molecular flexibility index (Phi) is 21.1. The summed E-state index contributed by atoms with van der Waals surface area (Å²) in [5.41, 5.74) is 7.70. The van der Waals surface area contributed by atoms with Gasteiger partial charge in [-0.15, -0.1) is 0 Å². The molecule has 1 aliphatic heterocycles. The molecule has 0 aromatic carbocycles. The molecule has 3 N–H and O–H groups in total. The van der Waals surface area contributed by atoms with Crippen molar-refractivity contribution in [3.8, 4) is 0 Å². The van der Waals surface area contributed by atoms with Crippen molar-refractivity contribution in [2.45, 2.75) is 173 Å². The summed E-state index contributed by atoms with van der Waals surface area (Å²) < 4.78 is 31.8. The van der Waals surface area contributed by atoms with Gasteiger partial charge in [0.15, 0.2) is 5.82 Å². The fourth-order valence-electron chi connectivity index (χ4n) is 7.33. The first-order valence-electron chi connectivity index (χ1n) is 20.3. The van der Waals surface area contributed by atoms with E-state index in [1.807, 2.05) is 12.1 Å². The van der Waals surface area contributed by atoms with Gasteiger partial charge < -0.3 is 33.9 Å². The zero-order valence-corrected chi connectivity index (χ0v) is 32.1. The summed E-state index contributed by atoms with van der Waals surface area (Å²) in [6, 6.07) is 3.89. The molecule has 0 bridgehead atoms. The number of hydrogen-bond acceptors (Lipinski definition) is 9. The zero-order valence-electron chi connectivity index (χ0n) is 31.2. The Morgan fingerprint density at radius 1 is 0.820 bits per heavy atom. The molecular weight excluding hydrogens is 651 g/mol. The minimum Gasteiger partial charge on any atom is -0.382 e. The first kappa shape index (κ1) is 41.4. The Hall–Kier alpha value is -1.39. The summed E-state index contributed by atoms with van der Waals surface area (Å²) >= 11 is 0. The lowest BCUT2D eigenvalue weighted by Gasteiger charge is -2.25. The fourth-order valence-corrected chi connectivity index (χ4v) is 7.99. The molecule has 1 saturated carbocycles. The molecule has 11 heteroatoms. The number of rotatable bonds is 29. The second kappa shape index (κ2) is 25.6. The Labute approximate surface area is 303 Å². The molecule has 2 aliphatic rings. The van der Waals surface area contributed by atoms with Crippen LogP contribution in [0.15, 0.2) is 18.5 Å². The highest BCUT2D eigenvalue weighted by atomic mass is 31.2. The molecule has 2 aromatic heterocycles. The molecule has 1 aliphatic carbocycles. The van der Waals surface area contributed by atoms with Crippen LogP contribution in [0.3, 0.4) is 0 Å². The summed E-state index contributed by atoms with van der Waals surface area (Å²) in [6.45, 7) is 4.74. The summed E-state index contributed by atoms with van der Waals surface area (Å²) in [5.74, 6) is 1.05. The minimum absolute atomic E-state index is 0.115. The monoisotopic (exact) mass is 720 g/mol. The quantitative estimate of drug-likeness (QED) is 0.0624. The van der Waals surface area contributed by atoms with Crippen molar-refractivity contribution in [2.75, 3.05) is 38.8 Å². The average Bonchev–Trinajstić information content (AvgIpc) is 3.79. The third kappa shape index (κ3) is 16.1. The Balaban J connectivity index is 1.03. The van der Waals surface area contributed by atoms with E-state index in [9.17, 15) is 4.89 Å². The molecule has 286 valence electrons. The lowest BCUT2D eigenvalue weighted by molar-refractivity contribution is -0.0554. The van der Waals surface area contributed by atoms with Gasteiger partial charge in [-0.1, -0.05) is 122 Å². The SMILES string of the molecule is CCCCCCCCCCCCCCCCCCOCC(COP(O)OCC1CCC(c2ccc3c(N)ncnn23)O1)OCC1CCCCC1. The number of aromatic nitrogens is 3. The molecule has 10 nitrogen and oxygen atoms in total. The maximum Gasteiger partial charge on any atom is 0.330 e. The van der Waals surface area contributed by atoms with Gasteiger partial charge in [0.2, 0.25) is 0 Å². The van der Waals surface area contributed by atoms with E-state index in [0.717, 1.165) is 43.7 Å². The third-order valence-electron chi connectivity index (χ3n) is 10.4. The normalized spacial score (nSPS) is 19.8. The molecule has 50 heavy (non-hydrogen) atoms. The maximum absolute atomic E-state index is 10.6. The lowest BCUT2D eigenvalue weighted by atomic mass is 9.90. The number of ether oxygens (including phenoxy) is 3. The van der Waals surface area contributed by atoms with Gasteiger partial charge in [0.25, 0.3) is 0 Å². The van der Waals surface area contributed by atoms with Crippen molar-refractivity contribution in [3.05, 3.63) is 24.2 Å². The van der Waals surface area contributed by atoms with E-state index < -0.39 is 8.60 Å². The summed E-state index contributed by atoms with van der Waals surface area (Å²) in [6.07, 6.45) is 30.8. The minimum atomic E-state index is -2.04. The van der Waals surface area contributed by atoms with Crippen LogP contribution in [0, 0.1) is 5.92 Å². The van der Waals surface area contributed by atoms with Crippen LogP contribution in [-0.2, 0) is 23.3 Å². The third-order valence-corrected chi connectivity index (χ3v) is 11.2. The highest BCUT2D eigenvalue weighted by molar-refractivity contribution is 7.40. The van der Waals surface area contributed by atoms with Gasteiger partial charge in [-0.3, -0.25) is 0 Å². The summed E-state index contributed by atoms with van der Waals surface area (Å²) in [7, 11) is -2.04. The largest absolute Gasteiger partial charge is 0.382 e. The molecule has 2 aromatic rings. The Morgan fingerprint density at radius 2 is 1.48 bits per heavy atom. The standard InChI is InChI=1S/C39H69N4O6P/c1-2-3-4-5-6-7-8-9-10-11-12-13-14-15-16-20-27-45-29-35(46-28-33-21-18-17-19-22-33)31-48-50(44)47-30-34-23-26-38(49-34)36-24-25-37-39(40)41-32-42-43(36)37/h24-25,32-35,38,44H,2-23,26-31H2,1H3,(H2,40,41,42). The molecule has 4 atom stereocenters.